The molecule has 1 saturated carbocycles. The van der Waals surface area contributed by atoms with Crippen molar-refractivity contribution in [3.05, 3.63) is 53.7 Å². The van der Waals surface area contributed by atoms with Crippen molar-refractivity contribution in [3.8, 4) is 5.75 Å². The third-order valence-electron chi connectivity index (χ3n) is 5.55. The lowest BCUT2D eigenvalue weighted by Crippen LogP contribution is -2.34. The number of ether oxygens (including phenoxy) is 1. The van der Waals surface area contributed by atoms with Gasteiger partial charge in [0, 0.05) is 48.0 Å². The molecule has 0 bridgehead atoms. The number of fused-ring (bicyclic) bond motifs is 1. The number of carbonyl (C=O) groups is 1. The number of hydrogen-bond acceptors (Lipinski definition) is 7. The molecule has 1 aliphatic heterocycles. The maximum absolute atomic E-state index is 12.7. The van der Waals surface area contributed by atoms with Crippen LogP contribution < -0.4 is 26.4 Å². The minimum absolute atomic E-state index is 0.201. The Hall–Kier alpha value is -3.60. The number of piperidine rings is 1. The summed E-state index contributed by atoms with van der Waals surface area (Å²) >= 11 is 0. The first-order chi connectivity index (χ1) is 15.1. The van der Waals surface area contributed by atoms with E-state index in [4.69, 9.17) is 16.9 Å². The van der Waals surface area contributed by atoms with E-state index in [0.717, 1.165) is 31.3 Å². The van der Waals surface area contributed by atoms with E-state index >= 15 is 0 Å². The minimum Gasteiger partial charge on any atom is -0.406 e. The maximum atomic E-state index is 12.7. The first kappa shape index (κ1) is 21.6. The molecule has 168 valence electrons. The average molecular weight is 446 g/mol. The number of anilines is 2. The lowest BCUT2D eigenvalue weighted by atomic mass is 10.1. The van der Waals surface area contributed by atoms with Gasteiger partial charge < -0.3 is 31.8 Å². The maximum Gasteiger partial charge on any atom is 0.573 e. The molecule has 1 amide bonds. The SMILES string of the molecule is N=CC=C(N)c1cc(C(=O)Nc2ccc(OC(F)(F)F)cc2)cnc1N1CC2CC2(N)C1. The van der Waals surface area contributed by atoms with Crippen molar-refractivity contribution in [3.63, 3.8) is 0 Å². The fourth-order valence-corrected chi connectivity index (χ4v) is 3.86. The Bertz CT molecular complexity index is 1090. The van der Waals surface area contributed by atoms with E-state index in [2.05, 4.69) is 15.0 Å². The molecule has 2 aliphatic rings. The van der Waals surface area contributed by atoms with Crippen LogP contribution in [-0.2, 0) is 0 Å². The molecule has 11 heteroatoms. The van der Waals surface area contributed by atoms with Crippen molar-refractivity contribution >= 4 is 29.3 Å². The van der Waals surface area contributed by atoms with Crippen molar-refractivity contribution in [1.82, 2.24) is 4.98 Å². The molecule has 32 heavy (non-hydrogen) atoms. The second-order valence-electron chi connectivity index (χ2n) is 7.92. The summed E-state index contributed by atoms with van der Waals surface area (Å²) in [6.45, 7) is 1.37. The molecule has 2 aromatic rings. The standard InChI is InChI=1S/C21H21F3N6O2/c22-21(23,24)32-15-3-1-14(2-4-15)29-19(31)12-7-16(17(26)5-6-25)18(28-9-12)30-10-13-8-20(13,27)11-30/h1-7,9,13,25H,8,10-11,26-27H2,(H,29,31). The summed E-state index contributed by atoms with van der Waals surface area (Å²) < 4.78 is 40.7. The molecule has 1 aromatic heterocycles. The van der Waals surface area contributed by atoms with Gasteiger partial charge in [0.15, 0.2) is 0 Å². The number of halogens is 3. The predicted molar refractivity (Wildman–Crippen MR) is 114 cm³/mol. The van der Waals surface area contributed by atoms with Gasteiger partial charge in [-0.2, -0.15) is 0 Å². The van der Waals surface area contributed by atoms with E-state index in [9.17, 15) is 18.0 Å². The van der Waals surface area contributed by atoms with Crippen LogP contribution in [0.15, 0.2) is 42.6 Å². The highest BCUT2D eigenvalue weighted by atomic mass is 19.4. The number of aromatic nitrogens is 1. The quantitative estimate of drug-likeness (QED) is 0.505. The van der Waals surface area contributed by atoms with Crippen LogP contribution in [0.5, 0.6) is 5.75 Å². The smallest absolute Gasteiger partial charge is 0.406 e. The molecule has 2 fully saturated rings. The molecule has 4 rings (SSSR count). The summed E-state index contributed by atoms with van der Waals surface area (Å²) in [6, 6.07) is 6.36. The van der Waals surface area contributed by atoms with Gasteiger partial charge in [0.1, 0.15) is 11.6 Å². The zero-order valence-corrected chi connectivity index (χ0v) is 16.8. The largest absolute Gasteiger partial charge is 0.573 e. The van der Waals surface area contributed by atoms with Gasteiger partial charge in [-0.25, -0.2) is 4.98 Å². The molecule has 2 atom stereocenters. The second-order valence-corrected chi connectivity index (χ2v) is 7.92. The van der Waals surface area contributed by atoms with Crippen molar-refractivity contribution in [2.24, 2.45) is 17.4 Å². The Balaban J connectivity index is 1.54. The molecule has 0 spiro atoms. The van der Waals surface area contributed by atoms with Gasteiger partial charge in [0.2, 0.25) is 0 Å². The lowest BCUT2D eigenvalue weighted by molar-refractivity contribution is -0.274. The van der Waals surface area contributed by atoms with Gasteiger partial charge in [0.25, 0.3) is 5.91 Å². The number of pyridine rings is 1. The number of rotatable bonds is 6. The van der Waals surface area contributed by atoms with E-state index < -0.39 is 18.0 Å². The van der Waals surface area contributed by atoms with Crippen LogP contribution in [0.3, 0.4) is 0 Å². The molecule has 0 radical (unpaired) electrons. The first-order valence-electron chi connectivity index (χ1n) is 9.75. The zero-order valence-electron chi connectivity index (χ0n) is 16.8. The normalized spacial score (nSPS) is 22.3. The Kier molecular flexibility index (Phi) is 5.29. The number of hydrogen-bond donors (Lipinski definition) is 4. The molecule has 8 nitrogen and oxygen atoms in total. The summed E-state index contributed by atoms with van der Waals surface area (Å²) in [5, 5.41) is 9.90. The Morgan fingerprint density at radius 2 is 2.06 bits per heavy atom. The number of alkyl halides is 3. The van der Waals surface area contributed by atoms with E-state index in [1.807, 2.05) is 4.90 Å². The van der Waals surface area contributed by atoms with Crippen molar-refractivity contribution in [1.29, 1.82) is 5.41 Å². The van der Waals surface area contributed by atoms with Gasteiger partial charge in [-0.15, -0.1) is 13.2 Å². The van der Waals surface area contributed by atoms with Crippen LogP contribution in [0.25, 0.3) is 5.70 Å². The lowest BCUT2D eigenvalue weighted by Gasteiger charge is -2.23. The number of nitrogens with one attached hydrogen (secondary N) is 2. The van der Waals surface area contributed by atoms with E-state index in [1.165, 1.54) is 24.4 Å². The predicted octanol–water partition coefficient (Wildman–Crippen LogP) is 2.72. The van der Waals surface area contributed by atoms with Gasteiger partial charge in [0.05, 0.1) is 5.56 Å². The van der Waals surface area contributed by atoms with E-state index in [-0.39, 0.29) is 22.5 Å². The highest BCUT2D eigenvalue weighted by Gasteiger charge is 2.57. The summed E-state index contributed by atoms with van der Waals surface area (Å²) in [7, 11) is 0. The van der Waals surface area contributed by atoms with Crippen molar-refractivity contribution in [2.75, 3.05) is 23.3 Å². The number of carbonyl (C=O) groups excluding carboxylic acids is 1. The van der Waals surface area contributed by atoms with Crippen LogP contribution in [0, 0.1) is 11.3 Å². The number of amides is 1. The molecule has 2 unspecified atom stereocenters. The monoisotopic (exact) mass is 446 g/mol. The highest BCUT2D eigenvalue weighted by Crippen LogP contribution is 2.48. The average Bonchev–Trinajstić information content (AvgIpc) is 3.24. The highest BCUT2D eigenvalue weighted by molar-refractivity contribution is 6.05. The van der Waals surface area contributed by atoms with Gasteiger partial charge >= 0.3 is 6.36 Å². The topological polar surface area (TPSA) is 130 Å². The molecule has 2 heterocycles. The Morgan fingerprint density at radius 3 is 2.66 bits per heavy atom. The number of allylic oxidation sites excluding steroid dienone is 1. The Morgan fingerprint density at radius 1 is 1.34 bits per heavy atom. The third kappa shape index (κ3) is 4.52. The van der Waals surface area contributed by atoms with E-state index in [0.29, 0.717) is 23.8 Å². The summed E-state index contributed by atoms with van der Waals surface area (Å²) in [5.41, 5.74) is 13.4. The first-order valence-corrected chi connectivity index (χ1v) is 9.75. The zero-order chi connectivity index (χ0) is 23.1. The minimum atomic E-state index is -4.79. The fourth-order valence-electron chi connectivity index (χ4n) is 3.86. The number of nitrogens with two attached hydrogens (primary N) is 2. The van der Waals surface area contributed by atoms with Crippen LogP contribution in [0.4, 0.5) is 24.7 Å². The molecule has 1 aliphatic carbocycles. The van der Waals surface area contributed by atoms with Crippen LogP contribution in [0.2, 0.25) is 0 Å². The molecule has 6 N–H and O–H groups in total. The Labute approximate surface area is 181 Å². The van der Waals surface area contributed by atoms with Crippen molar-refractivity contribution < 1.29 is 22.7 Å². The third-order valence-corrected chi connectivity index (χ3v) is 5.55. The summed E-state index contributed by atoms with van der Waals surface area (Å²) in [5.74, 6) is 0.0758. The molecule has 1 saturated heterocycles. The number of benzene rings is 1. The summed E-state index contributed by atoms with van der Waals surface area (Å²) in [6.07, 6.45) is 0.0227. The fraction of sp³-hybridized carbons (Fsp3) is 0.286. The summed E-state index contributed by atoms with van der Waals surface area (Å²) in [4.78, 5) is 19.2. The molecular weight excluding hydrogens is 425 g/mol. The molecular formula is C21H21F3N6O2. The number of nitrogens with zero attached hydrogens (tertiary/aromatic N) is 2. The van der Waals surface area contributed by atoms with Crippen LogP contribution in [0.1, 0.15) is 22.3 Å². The molecule has 1 aromatic carbocycles. The van der Waals surface area contributed by atoms with Gasteiger partial charge in [-0.1, -0.05) is 0 Å². The van der Waals surface area contributed by atoms with Crippen LogP contribution >= 0.6 is 0 Å². The van der Waals surface area contributed by atoms with Crippen LogP contribution in [-0.4, -0.2) is 42.1 Å². The van der Waals surface area contributed by atoms with Crippen molar-refractivity contribution in [2.45, 2.75) is 18.3 Å². The van der Waals surface area contributed by atoms with E-state index in [1.54, 1.807) is 6.07 Å². The second kappa shape index (κ2) is 7.83. The van der Waals surface area contributed by atoms with Gasteiger partial charge in [-0.3, -0.25) is 4.79 Å². The van der Waals surface area contributed by atoms with Gasteiger partial charge in [-0.05, 0) is 48.7 Å².